The van der Waals surface area contributed by atoms with E-state index >= 15 is 0 Å². The van der Waals surface area contributed by atoms with Gasteiger partial charge in [-0.2, -0.15) is 0 Å². The van der Waals surface area contributed by atoms with Crippen molar-refractivity contribution in [2.45, 2.75) is 33.2 Å². The molecular formula is C15H22ClN3OS. The summed E-state index contributed by atoms with van der Waals surface area (Å²) in [6.45, 7) is 7.35. The first-order valence-corrected chi connectivity index (χ1v) is 7.89. The van der Waals surface area contributed by atoms with Crippen molar-refractivity contribution >= 4 is 40.5 Å². The van der Waals surface area contributed by atoms with E-state index in [-0.39, 0.29) is 11.9 Å². The Kier molecular flexibility index (Phi) is 7.47. The van der Waals surface area contributed by atoms with Crippen LogP contribution in [0.2, 0.25) is 5.02 Å². The van der Waals surface area contributed by atoms with Crippen molar-refractivity contribution < 1.29 is 4.79 Å². The van der Waals surface area contributed by atoms with Gasteiger partial charge in [0.25, 0.3) is 0 Å². The van der Waals surface area contributed by atoms with Crippen LogP contribution < -0.4 is 10.6 Å². The van der Waals surface area contributed by atoms with Crippen molar-refractivity contribution in [2.75, 3.05) is 18.4 Å². The van der Waals surface area contributed by atoms with Crippen LogP contribution in [0, 0.1) is 0 Å². The number of benzene rings is 1. The quantitative estimate of drug-likeness (QED) is 0.787. The Hall–Kier alpha value is -1.33. The molecule has 0 heterocycles. The molecule has 21 heavy (non-hydrogen) atoms. The molecule has 1 atom stereocenters. The lowest BCUT2D eigenvalue weighted by atomic mass is 10.2. The van der Waals surface area contributed by atoms with Crippen LogP contribution in [0.25, 0.3) is 0 Å². The summed E-state index contributed by atoms with van der Waals surface area (Å²) in [5.41, 5.74) is 0.685. The first kappa shape index (κ1) is 17.7. The van der Waals surface area contributed by atoms with Crippen LogP contribution in [0.4, 0.5) is 5.69 Å². The number of hydrogen-bond acceptors (Lipinski definition) is 2. The average Bonchev–Trinajstić information content (AvgIpc) is 2.44. The van der Waals surface area contributed by atoms with Crippen molar-refractivity contribution in [1.29, 1.82) is 0 Å². The summed E-state index contributed by atoms with van der Waals surface area (Å²) in [4.78, 5) is 14.3. The molecule has 2 N–H and O–H groups in total. The molecule has 0 bridgehead atoms. The fourth-order valence-electron chi connectivity index (χ4n) is 1.92. The van der Waals surface area contributed by atoms with E-state index < -0.39 is 0 Å². The number of carbonyl (C=O) groups is 1. The number of nitrogens with zero attached hydrogens (tertiary/aromatic N) is 1. The summed E-state index contributed by atoms with van der Waals surface area (Å²) in [7, 11) is 0. The third-order valence-electron chi connectivity index (χ3n) is 2.99. The number of thiocarbonyl (C=S) groups is 1. The summed E-state index contributed by atoms with van der Waals surface area (Å²) in [5, 5.41) is 7.16. The van der Waals surface area contributed by atoms with Crippen molar-refractivity contribution in [1.82, 2.24) is 10.2 Å². The van der Waals surface area contributed by atoms with E-state index in [1.165, 1.54) is 0 Å². The largest absolute Gasteiger partial charge is 0.363 e. The van der Waals surface area contributed by atoms with Gasteiger partial charge in [0.05, 0.1) is 0 Å². The molecule has 0 spiro atoms. The lowest BCUT2D eigenvalue weighted by Gasteiger charge is -2.30. The third kappa shape index (κ3) is 5.52. The van der Waals surface area contributed by atoms with Crippen molar-refractivity contribution in [3.8, 4) is 0 Å². The van der Waals surface area contributed by atoms with Crippen LogP contribution in [0.15, 0.2) is 24.3 Å². The van der Waals surface area contributed by atoms with Gasteiger partial charge in [0.1, 0.15) is 6.04 Å². The Balaban J connectivity index is 2.75. The fourth-order valence-corrected chi connectivity index (χ4v) is 2.50. The first-order chi connectivity index (χ1) is 9.99. The molecule has 0 aromatic heterocycles. The summed E-state index contributed by atoms with van der Waals surface area (Å²) in [6.07, 6.45) is 0.917. The molecule has 0 aliphatic heterocycles. The van der Waals surface area contributed by atoms with Crippen LogP contribution >= 0.6 is 23.8 Å². The molecule has 0 radical (unpaired) electrons. The van der Waals surface area contributed by atoms with Gasteiger partial charge in [-0.05, 0) is 50.7 Å². The topological polar surface area (TPSA) is 44.4 Å². The Morgan fingerprint density at radius 2 is 2.14 bits per heavy atom. The van der Waals surface area contributed by atoms with E-state index in [1.807, 2.05) is 24.8 Å². The number of nitrogens with one attached hydrogen (secondary N) is 2. The van der Waals surface area contributed by atoms with Gasteiger partial charge >= 0.3 is 0 Å². The summed E-state index contributed by atoms with van der Waals surface area (Å²) < 4.78 is 0. The number of carbonyl (C=O) groups excluding carboxylic acids is 1. The predicted molar refractivity (Wildman–Crippen MR) is 92.8 cm³/mol. The zero-order valence-electron chi connectivity index (χ0n) is 12.6. The van der Waals surface area contributed by atoms with Crippen LogP contribution in [0.3, 0.4) is 0 Å². The highest BCUT2D eigenvalue weighted by atomic mass is 35.5. The molecule has 0 aliphatic rings. The normalized spacial score (nSPS) is 11.6. The maximum atomic E-state index is 12.4. The second kappa shape index (κ2) is 8.85. The molecule has 1 aromatic carbocycles. The van der Waals surface area contributed by atoms with Crippen LogP contribution in [-0.4, -0.2) is 35.1 Å². The van der Waals surface area contributed by atoms with Crippen molar-refractivity contribution in [3.63, 3.8) is 0 Å². The van der Waals surface area contributed by atoms with Crippen LogP contribution in [0.1, 0.15) is 27.2 Å². The lowest BCUT2D eigenvalue weighted by molar-refractivity contribution is -0.119. The number of halogens is 1. The van der Waals surface area contributed by atoms with Crippen molar-refractivity contribution in [3.05, 3.63) is 29.3 Å². The van der Waals surface area contributed by atoms with E-state index in [2.05, 4.69) is 17.6 Å². The smallest absolute Gasteiger partial charge is 0.246 e. The minimum atomic E-state index is -0.351. The molecule has 0 aliphatic carbocycles. The molecule has 0 saturated carbocycles. The predicted octanol–water partition coefficient (Wildman–Crippen LogP) is 3.27. The highest BCUT2D eigenvalue weighted by Crippen LogP contribution is 2.15. The van der Waals surface area contributed by atoms with E-state index in [4.69, 9.17) is 23.8 Å². The fraction of sp³-hybridized carbons (Fsp3) is 0.467. The molecule has 1 rings (SSSR count). The lowest BCUT2D eigenvalue weighted by Crippen LogP contribution is -2.49. The van der Waals surface area contributed by atoms with E-state index in [9.17, 15) is 4.79 Å². The molecule has 1 aromatic rings. The summed E-state index contributed by atoms with van der Waals surface area (Å²) in [6, 6.07) is 6.75. The highest BCUT2D eigenvalue weighted by Gasteiger charge is 2.22. The van der Waals surface area contributed by atoms with Gasteiger partial charge < -0.3 is 15.5 Å². The zero-order chi connectivity index (χ0) is 15.8. The SMILES string of the molecule is CCCN(C(=S)NCC)[C@H](C)C(=O)Nc1cccc(Cl)c1. The molecule has 1 amide bonds. The van der Waals surface area contributed by atoms with Gasteiger partial charge in [0, 0.05) is 23.8 Å². The molecule has 6 heteroatoms. The molecule has 116 valence electrons. The average molecular weight is 328 g/mol. The monoisotopic (exact) mass is 327 g/mol. The van der Waals surface area contributed by atoms with E-state index in [0.29, 0.717) is 15.8 Å². The number of rotatable bonds is 6. The second-order valence-corrected chi connectivity index (χ2v) is 5.53. The maximum Gasteiger partial charge on any atom is 0.246 e. The minimum absolute atomic E-state index is 0.106. The Bertz CT molecular complexity index is 496. The molecule has 0 fully saturated rings. The third-order valence-corrected chi connectivity index (χ3v) is 3.61. The molecule has 0 unspecified atom stereocenters. The van der Waals surface area contributed by atoms with Crippen molar-refractivity contribution in [2.24, 2.45) is 0 Å². The van der Waals surface area contributed by atoms with Gasteiger partial charge in [-0.15, -0.1) is 0 Å². The highest BCUT2D eigenvalue weighted by molar-refractivity contribution is 7.80. The maximum absolute atomic E-state index is 12.4. The molecular weight excluding hydrogens is 306 g/mol. The van der Waals surface area contributed by atoms with Gasteiger partial charge in [0.15, 0.2) is 5.11 Å². The molecule has 0 saturated heterocycles. The van der Waals surface area contributed by atoms with Gasteiger partial charge in [-0.25, -0.2) is 0 Å². The standard InChI is InChI=1S/C15H22ClN3OS/c1-4-9-19(15(21)17-5-2)11(3)14(20)18-13-8-6-7-12(16)10-13/h6-8,10-11H,4-5,9H2,1-3H3,(H,17,21)(H,18,20)/t11-/m1/s1. The summed E-state index contributed by atoms with van der Waals surface area (Å²) >= 11 is 11.3. The zero-order valence-corrected chi connectivity index (χ0v) is 14.2. The number of amides is 1. The number of hydrogen-bond donors (Lipinski definition) is 2. The second-order valence-electron chi connectivity index (χ2n) is 4.70. The van der Waals surface area contributed by atoms with Crippen LogP contribution in [0.5, 0.6) is 0 Å². The van der Waals surface area contributed by atoms with E-state index in [0.717, 1.165) is 19.5 Å². The Morgan fingerprint density at radius 1 is 1.43 bits per heavy atom. The Morgan fingerprint density at radius 3 is 2.71 bits per heavy atom. The summed E-state index contributed by atoms with van der Waals surface area (Å²) in [5.74, 6) is -0.106. The molecule has 4 nitrogen and oxygen atoms in total. The van der Waals surface area contributed by atoms with Gasteiger partial charge in [-0.3, -0.25) is 4.79 Å². The minimum Gasteiger partial charge on any atom is -0.363 e. The number of anilines is 1. The first-order valence-electron chi connectivity index (χ1n) is 7.10. The van der Waals surface area contributed by atoms with Gasteiger partial charge in [-0.1, -0.05) is 24.6 Å². The Labute approximate surface area is 136 Å². The van der Waals surface area contributed by atoms with Crippen LogP contribution in [-0.2, 0) is 4.79 Å². The van der Waals surface area contributed by atoms with E-state index in [1.54, 1.807) is 18.2 Å². The van der Waals surface area contributed by atoms with Gasteiger partial charge in [0.2, 0.25) is 5.91 Å².